The van der Waals surface area contributed by atoms with Crippen molar-refractivity contribution in [1.29, 1.82) is 0 Å². The zero-order valence-electron chi connectivity index (χ0n) is 10.1. The first kappa shape index (κ1) is 14.1. The van der Waals surface area contributed by atoms with E-state index in [9.17, 15) is 9.59 Å². The molecule has 5 nitrogen and oxygen atoms in total. The Hall–Kier alpha value is -1.33. The largest absolute Gasteiger partial charge is 0.353 e. The number of aromatic nitrogens is 1. The summed E-state index contributed by atoms with van der Waals surface area (Å²) in [4.78, 5) is 26.9. The lowest BCUT2D eigenvalue weighted by molar-refractivity contribution is -0.121. The van der Waals surface area contributed by atoms with Gasteiger partial charge in [0.2, 0.25) is 5.91 Å². The van der Waals surface area contributed by atoms with E-state index in [-0.39, 0.29) is 35.1 Å². The van der Waals surface area contributed by atoms with E-state index in [0.717, 1.165) is 12.8 Å². The molecule has 0 aromatic carbocycles. The molecule has 1 aromatic heterocycles. The standard InChI is InChI=1S/C12H13Cl2N3O2/c13-9-5-7(6-10(14)17-9)12(19)15-4-3-11(18)16-8-1-2-8/h5-6,8H,1-4H2,(H,15,19)(H,16,18). The minimum absolute atomic E-state index is 0.0476. The van der Waals surface area contributed by atoms with E-state index in [1.807, 2.05) is 0 Å². The number of halogens is 2. The Morgan fingerprint density at radius 3 is 2.47 bits per heavy atom. The molecule has 0 spiro atoms. The van der Waals surface area contributed by atoms with Crippen molar-refractivity contribution in [3.63, 3.8) is 0 Å². The number of nitrogens with zero attached hydrogens (tertiary/aromatic N) is 1. The molecule has 0 bridgehead atoms. The molecule has 1 heterocycles. The van der Waals surface area contributed by atoms with Crippen LogP contribution in [0.2, 0.25) is 10.3 Å². The fourth-order valence-electron chi connectivity index (χ4n) is 1.52. The first-order valence-electron chi connectivity index (χ1n) is 5.95. The van der Waals surface area contributed by atoms with E-state index < -0.39 is 0 Å². The van der Waals surface area contributed by atoms with Gasteiger partial charge in [0.25, 0.3) is 5.91 Å². The van der Waals surface area contributed by atoms with Crippen molar-refractivity contribution >= 4 is 35.0 Å². The molecule has 2 N–H and O–H groups in total. The van der Waals surface area contributed by atoms with Gasteiger partial charge in [0, 0.05) is 24.6 Å². The van der Waals surface area contributed by atoms with Gasteiger partial charge in [0.1, 0.15) is 10.3 Å². The molecule has 0 saturated heterocycles. The Morgan fingerprint density at radius 1 is 1.26 bits per heavy atom. The molecule has 102 valence electrons. The van der Waals surface area contributed by atoms with Crippen LogP contribution in [0.25, 0.3) is 0 Å². The lowest BCUT2D eigenvalue weighted by Crippen LogP contribution is -2.31. The maximum atomic E-state index is 11.8. The van der Waals surface area contributed by atoms with Crippen molar-refractivity contribution in [3.8, 4) is 0 Å². The molecule has 0 radical (unpaired) electrons. The molecular formula is C12H13Cl2N3O2. The Kier molecular flexibility index (Phi) is 4.61. The quantitative estimate of drug-likeness (QED) is 0.815. The summed E-state index contributed by atoms with van der Waals surface area (Å²) in [5, 5.41) is 5.79. The van der Waals surface area contributed by atoms with Gasteiger partial charge >= 0.3 is 0 Å². The first-order valence-corrected chi connectivity index (χ1v) is 6.71. The van der Waals surface area contributed by atoms with Gasteiger partial charge in [-0.05, 0) is 25.0 Å². The summed E-state index contributed by atoms with van der Waals surface area (Å²) in [7, 11) is 0. The van der Waals surface area contributed by atoms with Crippen LogP contribution in [-0.4, -0.2) is 29.4 Å². The molecule has 7 heteroatoms. The highest BCUT2D eigenvalue weighted by atomic mass is 35.5. The summed E-state index contributed by atoms with van der Waals surface area (Å²) in [5.41, 5.74) is 0.326. The Bertz CT molecular complexity index is 483. The number of rotatable bonds is 5. The summed E-state index contributed by atoms with van der Waals surface area (Å²) >= 11 is 11.4. The van der Waals surface area contributed by atoms with Crippen LogP contribution in [0.3, 0.4) is 0 Å². The molecule has 1 fully saturated rings. The molecule has 1 saturated carbocycles. The van der Waals surface area contributed by atoms with Crippen molar-refractivity contribution < 1.29 is 9.59 Å². The van der Waals surface area contributed by atoms with Crippen LogP contribution >= 0.6 is 23.2 Å². The van der Waals surface area contributed by atoms with Crippen molar-refractivity contribution in [2.45, 2.75) is 25.3 Å². The van der Waals surface area contributed by atoms with Crippen molar-refractivity contribution in [2.75, 3.05) is 6.54 Å². The zero-order chi connectivity index (χ0) is 13.8. The summed E-state index contributed by atoms with van der Waals surface area (Å²) in [6.07, 6.45) is 2.35. The average molecular weight is 302 g/mol. The van der Waals surface area contributed by atoms with Crippen LogP contribution in [0, 0.1) is 0 Å². The second kappa shape index (κ2) is 6.21. The molecule has 0 atom stereocenters. The van der Waals surface area contributed by atoms with E-state index in [1.165, 1.54) is 12.1 Å². The van der Waals surface area contributed by atoms with Gasteiger partial charge < -0.3 is 10.6 Å². The number of nitrogens with one attached hydrogen (secondary N) is 2. The maximum Gasteiger partial charge on any atom is 0.251 e. The zero-order valence-corrected chi connectivity index (χ0v) is 11.6. The van der Waals surface area contributed by atoms with Gasteiger partial charge in [-0.1, -0.05) is 23.2 Å². The van der Waals surface area contributed by atoms with Crippen LogP contribution in [0.15, 0.2) is 12.1 Å². The van der Waals surface area contributed by atoms with Crippen LogP contribution in [0.1, 0.15) is 29.6 Å². The third-order valence-corrected chi connectivity index (χ3v) is 2.99. The molecule has 0 unspecified atom stereocenters. The van der Waals surface area contributed by atoms with Crippen LogP contribution < -0.4 is 10.6 Å². The smallest absolute Gasteiger partial charge is 0.251 e. The van der Waals surface area contributed by atoms with Crippen LogP contribution in [0.5, 0.6) is 0 Å². The lowest BCUT2D eigenvalue weighted by atomic mass is 10.2. The van der Waals surface area contributed by atoms with Crippen LogP contribution in [0.4, 0.5) is 0 Å². The normalized spacial score (nSPS) is 14.0. The molecule has 19 heavy (non-hydrogen) atoms. The number of amides is 2. The second-order valence-electron chi connectivity index (χ2n) is 4.35. The molecule has 2 amide bonds. The second-order valence-corrected chi connectivity index (χ2v) is 5.12. The van der Waals surface area contributed by atoms with Gasteiger partial charge in [0.15, 0.2) is 0 Å². The monoisotopic (exact) mass is 301 g/mol. The highest BCUT2D eigenvalue weighted by molar-refractivity contribution is 6.33. The SMILES string of the molecule is O=C(CCNC(=O)c1cc(Cl)nc(Cl)c1)NC1CC1. The molecular weight excluding hydrogens is 289 g/mol. The summed E-state index contributed by atoms with van der Waals surface area (Å²) in [6, 6.07) is 3.18. The fraction of sp³-hybridized carbons (Fsp3) is 0.417. The Morgan fingerprint density at radius 2 is 1.89 bits per heavy atom. The predicted octanol–water partition coefficient (Wildman–Crippen LogP) is 1.79. The van der Waals surface area contributed by atoms with Crippen molar-refractivity contribution in [3.05, 3.63) is 28.0 Å². The Balaban J connectivity index is 1.78. The van der Waals surface area contributed by atoms with Crippen molar-refractivity contribution in [2.24, 2.45) is 0 Å². The number of carbonyl (C=O) groups is 2. The highest BCUT2D eigenvalue weighted by Gasteiger charge is 2.22. The van der Waals surface area contributed by atoms with Gasteiger partial charge in [-0.3, -0.25) is 9.59 Å². The summed E-state index contributed by atoms with van der Waals surface area (Å²) in [5.74, 6) is -0.376. The van der Waals surface area contributed by atoms with Crippen molar-refractivity contribution in [1.82, 2.24) is 15.6 Å². The molecule has 0 aliphatic heterocycles. The Labute approximate surface area is 120 Å². The molecule has 2 rings (SSSR count). The molecule has 1 aromatic rings. The third kappa shape index (κ3) is 4.69. The number of carbonyl (C=O) groups excluding carboxylic acids is 2. The van der Waals surface area contributed by atoms with E-state index in [1.54, 1.807) is 0 Å². The molecule has 1 aliphatic rings. The number of hydrogen-bond acceptors (Lipinski definition) is 3. The average Bonchev–Trinajstić information content (AvgIpc) is 3.11. The van der Waals surface area contributed by atoms with Gasteiger partial charge in [-0.25, -0.2) is 4.98 Å². The summed E-state index contributed by atoms with van der Waals surface area (Å²) in [6.45, 7) is 0.273. The van der Waals surface area contributed by atoms with E-state index in [4.69, 9.17) is 23.2 Å². The molecule has 1 aliphatic carbocycles. The minimum atomic E-state index is -0.328. The van der Waals surface area contributed by atoms with Gasteiger partial charge in [0.05, 0.1) is 0 Å². The topological polar surface area (TPSA) is 71.1 Å². The third-order valence-electron chi connectivity index (χ3n) is 2.61. The van der Waals surface area contributed by atoms with Crippen LogP contribution in [-0.2, 0) is 4.79 Å². The fourth-order valence-corrected chi connectivity index (χ4v) is 1.98. The summed E-state index contributed by atoms with van der Waals surface area (Å²) < 4.78 is 0. The van der Waals surface area contributed by atoms with E-state index in [0.29, 0.717) is 11.6 Å². The first-order chi connectivity index (χ1) is 9.04. The maximum absolute atomic E-state index is 11.8. The van der Waals surface area contributed by atoms with E-state index in [2.05, 4.69) is 15.6 Å². The lowest BCUT2D eigenvalue weighted by Gasteiger charge is -2.06. The minimum Gasteiger partial charge on any atom is -0.353 e. The van der Waals surface area contributed by atoms with E-state index >= 15 is 0 Å². The number of hydrogen-bond donors (Lipinski definition) is 2. The predicted molar refractivity (Wildman–Crippen MR) is 72.4 cm³/mol. The highest BCUT2D eigenvalue weighted by Crippen LogP contribution is 2.18. The van der Waals surface area contributed by atoms with Gasteiger partial charge in [-0.2, -0.15) is 0 Å². The number of pyridine rings is 1. The van der Waals surface area contributed by atoms with Gasteiger partial charge in [-0.15, -0.1) is 0 Å².